The molecule has 0 saturated carbocycles. The van der Waals surface area contributed by atoms with Gasteiger partial charge in [-0.25, -0.2) is 0 Å². The second kappa shape index (κ2) is 7.61. The summed E-state index contributed by atoms with van der Waals surface area (Å²) in [6, 6.07) is 0. The van der Waals surface area contributed by atoms with Gasteiger partial charge in [0.15, 0.2) is 0 Å². The molecule has 0 heteroatoms. The third kappa shape index (κ3) is 6.71. The van der Waals surface area contributed by atoms with Crippen molar-refractivity contribution in [3.8, 4) is 0 Å². The van der Waals surface area contributed by atoms with Crippen LogP contribution >= 0.6 is 0 Å². The van der Waals surface area contributed by atoms with Crippen LogP contribution in [-0.4, -0.2) is 0 Å². The normalized spacial score (nSPS) is 15.1. The summed E-state index contributed by atoms with van der Waals surface area (Å²) in [4.78, 5) is 0. The molecule has 0 bridgehead atoms. The van der Waals surface area contributed by atoms with Crippen molar-refractivity contribution in [2.45, 2.75) is 40.5 Å². The van der Waals surface area contributed by atoms with Gasteiger partial charge in [0.2, 0.25) is 0 Å². The zero-order valence-electron chi connectivity index (χ0n) is 10.1. The van der Waals surface area contributed by atoms with Crippen LogP contribution in [0.1, 0.15) is 40.5 Å². The lowest BCUT2D eigenvalue weighted by atomic mass is 9.92. The second-order valence-electron chi connectivity index (χ2n) is 4.39. The Morgan fingerprint density at radius 2 is 1.86 bits per heavy atom. The third-order valence-corrected chi connectivity index (χ3v) is 2.76. The first-order chi connectivity index (χ1) is 6.57. The maximum Gasteiger partial charge on any atom is -0.0317 e. The first kappa shape index (κ1) is 13.2. The minimum absolute atomic E-state index is 0.798. The molecule has 14 heavy (non-hydrogen) atoms. The van der Waals surface area contributed by atoms with E-state index in [2.05, 4.69) is 46.4 Å². The maximum absolute atomic E-state index is 3.64. The minimum atomic E-state index is 0.798. The molecule has 0 aliphatic carbocycles. The molecule has 0 saturated heterocycles. The van der Waals surface area contributed by atoms with E-state index in [-0.39, 0.29) is 0 Å². The highest BCUT2D eigenvalue weighted by atomic mass is 14.1. The highest BCUT2D eigenvalue weighted by Crippen LogP contribution is 2.18. The van der Waals surface area contributed by atoms with E-state index >= 15 is 0 Å². The zero-order valence-corrected chi connectivity index (χ0v) is 10.1. The van der Waals surface area contributed by atoms with Crippen LogP contribution in [0.15, 0.2) is 36.5 Å². The summed E-state index contributed by atoms with van der Waals surface area (Å²) in [5.74, 6) is 1.62. The summed E-state index contributed by atoms with van der Waals surface area (Å²) in [6.07, 6.45) is 10.5. The van der Waals surface area contributed by atoms with Crippen LogP contribution in [0.3, 0.4) is 0 Å². The molecular weight excluding hydrogens is 168 g/mol. The lowest BCUT2D eigenvalue weighted by Gasteiger charge is -2.14. The van der Waals surface area contributed by atoms with E-state index in [1.807, 2.05) is 6.08 Å². The molecule has 0 fully saturated rings. The monoisotopic (exact) mass is 192 g/mol. The van der Waals surface area contributed by atoms with E-state index < -0.39 is 0 Å². The molecule has 0 nitrogen and oxygen atoms in total. The van der Waals surface area contributed by atoms with Crippen molar-refractivity contribution in [3.05, 3.63) is 36.5 Å². The second-order valence-corrected chi connectivity index (χ2v) is 4.39. The molecule has 1 atom stereocenters. The van der Waals surface area contributed by atoms with Gasteiger partial charge in [0.1, 0.15) is 0 Å². The Morgan fingerprint density at radius 1 is 1.21 bits per heavy atom. The first-order valence-electron chi connectivity index (χ1n) is 5.52. The van der Waals surface area contributed by atoms with E-state index in [9.17, 15) is 0 Å². The molecule has 0 radical (unpaired) electrons. The van der Waals surface area contributed by atoms with Crippen LogP contribution in [0.25, 0.3) is 0 Å². The van der Waals surface area contributed by atoms with Gasteiger partial charge in [-0.1, -0.05) is 57.2 Å². The quantitative estimate of drug-likeness (QED) is 0.533. The van der Waals surface area contributed by atoms with Crippen LogP contribution < -0.4 is 0 Å². The van der Waals surface area contributed by atoms with Gasteiger partial charge in [0.25, 0.3) is 0 Å². The van der Waals surface area contributed by atoms with Crippen LogP contribution in [0.2, 0.25) is 0 Å². The highest BCUT2D eigenvalue weighted by molar-refractivity contribution is 5.14. The Morgan fingerprint density at radius 3 is 2.36 bits per heavy atom. The fraction of sp³-hybridized carbons (Fsp3) is 0.571. The molecule has 0 spiro atoms. The molecule has 0 rings (SSSR count). The summed E-state index contributed by atoms with van der Waals surface area (Å²) in [5, 5.41) is 0. The average Bonchev–Trinajstić information content (AvgIpc) is 2.14. The van der Waals surface area contributed by atoms with Gasteiger partial charge >= 0.3 is 0 Å². The topological polar surface area (TPSA) is 0 Å². The van der Waals surface area contributed by atoms with Crippen LogP contribution in [0, 0.1) is 11.8 Å². The molecule has 0 amide bonds. The highest BCUT2D eigenvalue weighted by Gasteiger charge is 2.05. The molecule has 0 aromatic carbocycles. The van der Waals surface area contributed by atoms with Crippen molar-refractivity contribution in [1.29, 1.82) is 0 Å². The zero-order chi connectivity index (χ0) is 11.0. The van der Waals surface area contributed by atoms with Crippen molar-refractivity contribution in [2.24, 2.45) is 11.8 Å². The molecule has 0 aliphatic rings. The Bertz CT molecular complexity index is 206. The number of hydrogen-bond acceptors (Lipinski definition) is 0. The van der Waals surface area contributed by atoms with Gasteiger partial charge in [-0.3, -0.25) is 0 Å². The molecule has 0 N–H and O–H groups in total. The molecule has 0 aliphatic heterocycles. The Hall–Kier alpha value is -0.780. The van der Waals surface area contributed by atoms with E-state index in [0.29, 0.717) is 0 Å². The van der Waals surface area contributed by atoms with Crippen molar-refractivity contribution in [1.82, 2.24) is 0 Å². The summed E-state index contributed by atoms with van der Waals surface area (Å²) in [5.41, 5.74) is 1.45. The summed E-state index contributed by atoms with van der Waals surface area (Å²) < 4.78 is 0. The van der Waals surface area contributed by atoms with Crippen LogP contribution in [-0.2, 0) is 0 Å². The first-order valence-corrected chi connectivity index (χ1v) is 5.52. The SMILES string of the molecule is C=CC=CC=C(C)CCC(C)C(C)C. The van der Waals surface area contributed by atoms with E-state index in [1.165, 1.54) is 18.4 Å². The molecule has 80 valence electrons. The fourth-order valence-corrected chi connectivity index (χ4v) is 1.17. The number of rotatable bonds is 6. The fourth-order valence-electron chi connectivity index (χ4n) is 1.17. The predicted molar refractivity (Wildman–Crippen MR) is 66.3 cm³/mol. The molecule has 0 aromatic heterocycles. The number of hydrogen-bond donors (Lipinski definition) is 0. The Kier molecular flexibility index (Phi) is 7.18. The van der Waals surface area contributed by atoms with Gasteiger partial charge in [-0.15, -0.1) is 0 Å². The summed E-state index contributed by atoms with van der Waals surface area (Å²) in [7, 11) is 0. The van der Waals surface area contributed by atoms with Crippen molar-refractivity contribution >= 4 is 0 Å². The predicted octanol–water partition coefficient (Wildman–Crippen LogP) is 4.75. The largest absolute Gasteiger partial charge is 0.0991 e. The van der Waals surface area contributed by atoms with Crippen LogP contribution in [0.5, 0.6) is 0 Å². The smallest absolute Gasteiger partial charge is 0.0317 e. The molecule has 0 heterocycles. The van der Waals surface area contributed by atoms with Gasteiger partial charge in [-0.2, -0.15) is 0 Å². The summed E-state index contributed by atoms with van der Waals surface area (Å²) in [6.45, 7) is 12.8. The van der Waals surface area contributed by atoms with Crippen molar-refractivity contribution in [3.63, 3.8) is 0 Å². The summed E-state index contributed by atoms with van der Waals surface area (Å²) >= 11 is 0. The molecular formula is C14H24. The average molecular weight is 192 g/mol. The van der Waals surface area contributed by atoms with Crippen molar-refractivity contribution < 1.29 is 0 Å². The van der Waals surface area contributed by atoms with E-state index in [0.717, 1.165) is 11.8 Å². The van der Waals surface area contributed by atoms with Gasteiger partial charge < -0.3 is 0 Å². The van der Waals surface area contributed by atoms with Gasteiger partial charge in [0.05, 0.1) is 0 Å². The molecule has 1 unspecified atom stereocenters. The Balaban J connectivity index is 3.83. The van der Waals surface area contributed by atoms with Gasteiger partial charge in [-0.05, 0) is 31.6 Å². The third-order valence-electron chi connectivity index (χ3n) is 2.76. The minimum Gasteiger partial charge on any atom is -0.0991 e. The number of allylic oxidation sites excluding steroid dienone is 5. The lowest BCUT2D eigenvalue weighted by Crippen LogP contribution is -2.03. The van der Waals surface area contributed by atoms with Crippen LogP contribution in [0.4, 0.5) is 0 Å². The molecule has 0 aromatic rings. The van der Waals surface area contributed by atoms with E-state index in [1.54, 1.807) is 6.08 Å². The maximum atomic E-state index is 3.64. The van der Waals surface area contributed by atoms with Crippen molar-refractivity contribution in [2.75, 3.05) is 0 Å². The standard InChI is InChI=1S/C14H24/c1-6-7-8-9-13(4)10-11-14(5)12(2)3/h6-9,12,14H,1,10-11H2,2-5H3. The lowest BCUT2D eigenvalue weighted by molar-refractivity contribution is 0.392. The van der Waals surface area contributed by atoms with Gasteiger partial charge in [0, 0.05) is 0 Å². The van der Waals surface area contributed by atoms with E-state index in [4.69, 9.17) is 0 Å². The Labute approximate surface area is 89.4 Å².